The van der Waals surface area contributed by atoms with Crippen molar-refractivity contribution in [1.82, 2.24) is 4.98 Å². The number of aromatic nitrogens is 1. The normalized spacial score (nSPS) is 23.1. The van der Waals surface area contributed by atoms with E-state index in [0.29, 0.717) is 0 Å². The Morgan fingerprint density at radius 2 is 2.45 bits per heavy atom. The van der Waals surface area contributed by atoms with E-state index >= 15 is 0 Å². The lowest BCUT2D eigenvalue weighted by atomic mass is 9.96. The molecule has 1 atom stereocenters. The molecule has 1 aromatic rings. The van der Waals surface area contributed by atoms with Crippen molar-refractivity contribution < 1.29 is 4.42 Å². The molecule has 1 aliphatic rings. The first-order chi connectivity index (χ1) is 5.26. The Hall–Kier alpha value is -0.830. The molecule has 0 bridgehead atoms. The SMILES string of the molecule is CC(N)C1(c2cnco2)CC1. The van der Waals surface area contributed by atoms with Crippen molar-refractivity contribution in [2.75, 3.05) is 0 Å². The Bertz CT molecular complexity index is 237. The molecule has 0 aliphatic heterocycles. The van der Waals surface area contributed by atoms with Crippen LogP contribution in [0.1, 0.15) is 25.5 Å². The van der Waals surface area contributed by atoms with Crippen LogP contribution in [0.2, 0.25) is 0 Å². The predicted octanol–water partition coefficient (Wildman–Crippen LogP) is 1.05. The van der Waals surface area contributed by atoms with Crippen LogP contribution in [0.3, 0.4) is 0 Å². The highest BCUT2D eigenvalue weighted by Crippen LogP contribution is 2.49. The largest absolute Gasteiger partial charge is 0.448 e. The Kier molecular flexibility index (Phi) is 1.29. The number of rotatable bonds is 2. The van der Waals surface area contributed by atoms with Crippen LogP contribution in [0.4, 0.5) is 0 Å². The average molecular weight is 152 g/mol. The summed E-state index contributed by atoms with van der Waals surface area (Å²) in [5, 5.41) is 0. The monoisotopic (exact) mass is 152 g/mol. The van der Waals surface area contributed by atoms with E-state index in [4.69, 9.17) is 10.2 Å². The van der Waals surface area contributed by atoms with Gasteiger partial charge in [0, 0.05) is 11.5 Å². The zero-order valence-corrected chi connectivity index (χ0v) is 6.58. The molecule has 0 saturated heterocycles. The third-order valence-corrected chi connectivity index (χ3v) is 2.58. The van der Waals surface area contributed by atoms with Gasteiger partial charge in [-0.2, -0.15) is 0 Å². The van der Waals surface area contributed by atoms with Crippen molar-refractivity contribution in [3.63, 3.8) is 0 Å². The fraction of sp³-hybridized carbons (Fsp3) is 0.625. The lowest BCUT2D eigenvalue weighted by molar-refractivity contribution is 0.412. The van der Waals surface area contributed by atoms with E-state index in [0.717, 1.165) is 18.6 Å². The third-order valence-electron chi connectivity index (χ3n) is 2.58. The smallest absolute Gasteiger partial charge is 0.180 e. The topological polar surface area (TPSA) is 52.0 Å². The maximum Gasteiger partial charge on any atom is 0.180 e. The van der Waals surface area contributed by atoms with Gasteiger partial charge in [-0.1, -0.05) is 0 Å². The summed E-state index contributed by atoms with van der Waals surface area (Å²) >= 11 is 0. The third kappa shape index (κ3) is 0.878. The zero-order chi connectivity index (χ0) is 7.90. The molecule has 0 aromatic carbocycles. The number of nitrogens with two attached hydrogens (primary N) is 1. The summed E-state index contributed by atoms with van der Waals surface area (Å²) in [7, 11) is 0. The summed E-state index contributed by atoms with van der Waals surface area (Å²) in [6.07, 6.45) is 5.52. The van der Waals surface area contributed by atoms with Gasteiger partial charge in [0.2, 0.25) is 0 Å². The van der Waals surface area contributed by atoms with Crippen LogP contribution in [-0.4, -0.2) is 11.0 Å². The fourth-order valence-corrected chi connectivity index (χ4v) is 1.52. The molecule has 1 unspecified atom stereocenters. The van der Waals surface area contributed by atoms with E-state index in [-0.39, 0.29) is 11.5 Å². The van der Waals surface area contributed by atoms with Gasteiger partial charge in [0.15, 0.2) is 6.39 Å². The molecule has 2 N–H and O–H groups in total. The van der Waals surface area contributed by atoms with Crippen molar-refractivity contribution in [2.24, 2.45) is 5.73 Å². The molecule has 60 valence electrons. The second kappa shape index (κ2) is 2.08. The van der Waals surface area contributed by atoms with Gasteiger partial charge in [-0.25, -0.2) is 4.98 Å². The summed E-state index contributed by atoms with van der Waals surface area (Å²) in [6.45, 7) is 2.02. The molecule has 1 fully saturated rings. The van der Waals surface area contributed by atoms with Crippen LogP contribution in [0.15, 0.2) is 17.0 Å². The Labute approximate surface area is 65.6 Å². The summed E-state index contributed by atoms with van der Waals surface area (Å²) in [4.78, 5) is 3.89. The fourth-order valence-electron chi connectivity index (χ4n) is 1.52. The van der Waals surface area contributed by atoms with Gasteiger partial charge in [-0.15, -0.1) is 0 Å². The van der Waals surface area contributed by atoms with Crippen molar-refractivity contribution in [3.05, 3.63) is 18.4 Å². The number of nitrogens with zero attached hydrogens (tertiary/aromatic N) is 1. The second-order valence-electron chi connectivity index (χ2n) is 3.31. The average Bonchev–Trinajstić information content (AvgIpc) is 2.61. The maximum absolute atomic E-state index is 5.84. The maximum atomic E-state index is 5.84. The molecular formula is C8H12N2O. The second-order valence-corrected chi connectivity index (χ2v) is 3.31. The highest BCUT2D eigenvalue weighted by atomic mass is 16.3. The molecule has 3 nitrogen and oxygen atoms in total. The number of oxazole rings is 1. The van der Waals surface area contributed by atoms with E-state index in [1.54, 1.807) is 6.20 Å². The Morgan fingerprint density at radius 1 is 1.73 bits per heavy atom. The minimum Gasteiger partial charge on any atom is -0.448 e. The highest BCUT2D eigenvalue weighted by molar-refractivity contribution is 5.22. The molecule has 11 heavy (non-hydrogen) atoms. The standard InChI is InChI=1S/C8H12N2O/c1-6(9)8(2-3-8)7-4-10-5-11-7/h4-6H,2-3,9H2,1H3. The van der Waals surface area contributed by atoms with E-state index in [9.17, 15) is 0 Å². The summed E-state index contributed by atoms with van der Waals surface area (Å²) in [5.74, 6) is 0.951. The van der Waals surface area contributed by atoms with Gasteiger partial charge in [-0.3, -0.25) is 0 Å². The first-order valence-electron chi connectivity index (χ1n) is 3.90. The zero-order valence-electron chi connectivity index (χ0n) is 6.58. The first-order valence-corrected chi connectivity index (χ1v) is 3.90. The molecule has 1 saturated carbocycles. The molecule has 0 radical (unpaired) electrons. The van der Waals surface area contributed by atoms with Crippen molar-refractivity contribution >= 4 is 0 Å². The number of hydrogen-bond donors (Lipinski definition) is 1. The summed E-state index contributed by atoms with van der Waals surface area (Å²) < 4.78 is 5.23. The lowest BCUT2D eigenvalue weighted by Gasteiger charge is -2.15. The van der Waals surface area contributed by atoms with Crippen LogP contribution in [0.5, 0.6) is 0 Å². The van der Waals surface area contributed by atoms with Crippen LogP contribution in [-0.2, 0) is 5.41 Å². The molecule has 1 heterocycles. The molecule has 1 aromatic heterocycles. The summed E-state index contributed by atoms with van der Waals surface area (Å²) in [6, 6.07) is 0.176. The van der Waals surface area contributed by atoms with Crippen LogP contribution < -0.4 is 5.73 Å². The van der Waals surface area contributed by atoms with Crippen LogP contribution in [0.25, 0.3) is 0 Å². The lowest BCUT2D eigenvalue weighted by Crippen LogP contribution is -2.31. The minimum atomic E-state index is 0.122. The Morgan fingerprint density at radius 3 is 2.82 bits per heavy atom. The van der Waals surface area contributed by atoms with Gasteiger partial charge in [0.25, 0.3) is 0 Å². The van der Waals surface area contributed by atoms with Crippen molar-refractivity contribution in [3.8, 4) is 0 Å². The highest BCUT2D eigenvalue weighted by Gasteiger charge is 2.50. The van der Waals surface area contributed by atoms with Crippen LogP contribution in [0, 0.1) is 0 Å². The van der Waals surface area contributed by atoms with Gasteiger partial charge >= 0.3 is 0 Å². The molecule has 3 heteroatoms. The number of hydrogen-bond acceptors (Lipinski definition) is 3. The predicted molar refractivity (Wildman–Crippen MR) is 41.1 cm³/mol. The molecule has 0 amide bonds. The van der Waals surface area contributed by atoms with E-state index in [1.807, 2.05) is 6.92 Å². The quantitative estimate of drug-likeness (QED) is 0.689. The van der Waals surface area contributed by atoms with Gasteiger partial charge in [0.1, 0.15) is 5.76 Å². The van der Waals surface area contributed by atoms with Gasteiger partial charge in [0.05, 0.1) is 6.20 Å². The first kappa shape index (κ1) is 6.85. The molecular weight excluding hydrogens is 140 g/mol. The van der Waals surface area contributed by atoms with Crippen molar-refractivity contribution in [1.29, 1.82) is 0 Å². The van der Waals surface area contributed by atoms with E-state index < -0.39 is 0 Å². The van der Waals surface area contributed by atoms with Crippen LogP contribution >= 0.6 is 0 Å². The van der Waals surface area contributed by atoms with E-state index in [1.165, 1.54) is 6.39 Å². The van der Waals surface area contributed by atoms with Gasteiger partial charge < -0.3 is 10.2 Å². The molecule has 0 spiro atoms. The summed E-state index contributed by atoms with van der Waals surface area (Å²) in [5.41, 5.74) is 5.96. The molecule has 1 aliphatic carbocycles. The Balaban J connectivity index is 2.29. The van der Waals surface area contributed by atoms with Gasteiger partial charge in [-0.05, 0) is 19.8 Å². The van der Waals surface area contributed by atoms with E-state index in [2.05, 4.69) is 4.98 Å². The van der Waals surface area contributed by atoms with Crippen molar-refractivity contribution in [2.45, 2.75) is 31.2 Å². The molecule has 2 rings (SSSR count). The minimum absolute atomic E-state index is 0.122.